The van der Waals surface area contributed by atoms with E-state index in [0.717, 1.165) is 12.8 Å². The van der Waals surface area contributed by atoms with Gasteiger partial charge in [-0.1, -0.05) is 75.7 Å². The molecule has 6 nitrogen and oxygen atoms in total. The summed E-state index contributed by atoms with van der Waals surface area (Å²) in [6, 6.07) is 0. The van der Waals surface area contributed by atoms with Gasteiger partial charge in [-0.2, -0.15) is 8.42 Å². The van der Waals surface area contributed by atoms with Crippen LogP contribution in [0.3, 0.4) is 0 Å². The van der Waals surface area contributed by atoms with Crippen molar-refractivity contribution in [2.75, 3.05) is 14.2 Å². The summed E-state index contributed by atoms with van der Waals surface area (Å²) in [6.07, 6.45) is 2.71. The Morgan fingerprint density at radius 2 is 1.41 bits per heavy atom. The van der Waals surface area contributed by atoms with Crippen LogP contribution in [-0.2, 0) is 16.5 Å². The maximum Gasteiger partial charge on any atom is 0.298 e. The predicted octanol–water partition coefficient (Wildman–Crippen LogP) is 7.23. The third kappa shape index (κ3) is 6.81. The van der Waals surface area contributed by atoms with Gasteiger partial charge in [0.1, 0.15) is 10.6 Å². The Bertz CT molecular complexity index is 953. The van der Waals surface area contributed by atoms with Crippen molar-refractivity contribution < 1.29 is 27.6 Å². The Morgan fingerprint density at radius 1 is 0.912 bits per heavy atom. The minimum atomic E-state index is -4.72. The molecule has 7 heteroatoms. The first kappa shape index (κ1) is 30.6. The van der Waals surface area contributed by atoms with Crippen molar-refractivity contribution in [1.82, 2.24) is 0 Å². The second kappa shape index (κ2) is 10.7. The van der Waals surface area contributed by atoms with E-state index >= 15 is 0 Å². The lowest BCUT2D eigenvalue weighted by atomic mass is 9.56. The van der Waals surface area contributed by atoms with Crippen molar-refractivity contribution in [3.05, 3.63) is 11.1 Å². The van der Waals surface area contributed by atoms with Crippen LogP contribution < -0.4 is 9.47 Å². The summed E-state index contributed by atoms with van der Waals surface area (Å²) in [5, 5.41) is 11.2. The molecule has 2 N–H and O–H groups in total. The van der Waals surface area contributed by atoms with Gasteiger partial charge in [0.15, 0.2) is 11.5 Å². The van der Waals surface area contributed by atoms with Crippen LogP contribution in [0.1, 0.15) is 106 Å². The first-order valence-electron chi connectivity index (χ1n) is 12.2. The molecule has 0 saturated heterocycles. The highest BCUT2D eigenvalue weighted by atomic mass is 32.2. The third-order valence-electron chi connectivity index (χ3n) is 6.41. The summed E-state index contributed by atoms with van der Waals surface area (Å²) in [4.78, 5) is -0.527. The maximum atomic E-state index is 12.4. The molecule has 0 saturated carbocycles. The SMILES string of the molecule is CCCc1c(OC)c(C(C(C)(C)CC(C)C)C(C)(C)CC(C)(C)C)c(OC)c(O)c1S(=O)(=O)O. The molecule has 0 aliphatic heterocycles. The van der Waals surface area contributed by atoms with Gasteiger partial charge in [-0.25, -0.2) is 0 Å². The van der Waals surface area contributed by atoms with Gasteiger partial charge in [-0.05, 0) is 41.4 Å². The van der Waals surface area contributed by atoms with E-state index in [1.807, 2.05) is 6.92 Å². The molecule has 0 amide bonds. The zero-order chi connectivity index (χ0) is 26.9. The number of phenolic OH excluding ortho intramolecular Hbond substituents is 1. The number of methoxy groups -OCH3 is 2. The Kier molecular flexibility index (Phi) is 9.57. The van der Waals surface area contributed by atoms with E-state index in [0.29, 0.717) is 30.1 Å². The molecule has 34 heavy (non-hydrogen) atoms. The van der Waals surface area contributed by atoms with E-state index in [1.54, 1.807) is 0 Å². The Labute approximate surface area is 208 Å². The first-order chi connectivity index (χ1) is 15.2. The fourth-order valence-corrected chi connectivity index (χ4v) is 7.52. The van der Waals surface area contributed by atoms with Gasteiger partial charge < -0.3 is 14.6 Å². The summed E-state index contributed by atoms with van der Waals surface area (Å²) in [5.41, 5.74) is 0.459. The minimum absolute atomic E-state index is 0.0266. The minimum Gasteiger partial charge on any atom is -0.503 e. The zero-order valence-electron chi connectivity index (χ0n) is 23.4. The highest BCUT2D eigenvalue weighted by Gasteiger charge is 2.48. The van der Waals surface area contributed by atoms with Crippen molar-refractivity contribution in [3.8, 4) is 17.2 Å². The second-order valence-electron chi connectivity index (χ2n) is 12.6. The van der Waals surface area contributed by atoms with Crippen molar-refractivity contribution in [1.29, 1.82) is 0 Å². The van der Waals surface area contributed by atoms with E-state index in [1.165, 1.54) is 14.2 Å². The van der Waals surface area contributed by atoms with E-state index in [-0.39, 0.29) is 33.5 Å². The number of aromatic hydroxyl groups is 1. The summed E-state index contributed by atoms with van der Waals surface area (Å²) in [7, 11) is -1.81. The molecule has 1 rings (SSSR count). The van der Waals surface area contributed by atoms with Crippen LogP contribution in [0.25, 0.3) is 0 Å². The second-order valence-corrected chi connectivity index (χ2v) is 14.0. The number of hydrogen-bond acceptors (Lipinski definition) is 5. The van der Waals surface area contributed by atoms with Crippen molar-refractivity contribution in [2.45, 2.75) is 106 Å². The molecular formula is C27H48O6S. The smallest absolute Gasteiger partial charge is 0.298 e. The molecule has 1 aromatic rings. The molecule has 1 atom stereocenters. The summed E-state index contributed by atoms with van der Waals surface area (Å²) >= 11 is 0. The Balaban J connectivity index is 4.31. The van der Waals surface area contributed by atoms with Gasteiger partial charge in [0, 0.05) is 17.0 Å². The van der Waals surface area contributed by atoms with Crippen LogP contribution in [0.2, 0.25) is 0 Å². The number of rotatable bonds is 11. The number of benzene rings is 1. The van der Waals surface area contributed by atoms with Crippen molar-refractivity contribution in [3.63, 3.8) is 0 Å². The molecule has 0 aliphatic rings. The lowest BCUT2D eigenvalue weighted by molar-refractivity contribution is 0.0750. The molecule has 0 heterocycles. The monoisotopic (exact) mass is 500 g/mol. The van der Waals surface area contributed by atoms with Crippen molar-refractivity contribution in [2.24, 2.45) is 22.2 Å². The van der Waals surface area contributed by atoms with Crippen LogP contribution >= 0.6 is 0 Å². The van der Waals surface area contributed by atoms with Crippen LogP contribution in [0.4, 0.5) is 0 Å². The average molecular weight is 501 g/mol. The molecule has 0 bridgehead atoms. The number of phenols is 1. The zero-order valence-corrected chi connectivity index (χ0v) is 24.2. The van der Waals surface area contributed by atoms with Gasteiger partial charge in [0.2, 0.25) is 0 Å². The van der Waals surface area contributed by atoms with Crippen LogP contribution in [0, 0.1) is 22.2 Å². The highest BCUT2D eigenvalue weighted by molar-refractivity contribution is 7.86. The molecule has 198 valence electrons. The highest BCUT2D eigenvalue weighted by Crippen LogP contribution is 2.61. The van der Waals surface area contributed by atoms with Gasteiger partial charge in [-0.3, -0.25) is 4.55 Å². The third-order valence-corrected chi connectivity index (χ3v) is 7.36. The standard InChI is InChI=1S/C27H48O6S/c1-13-14-18-21(32-11)19(22(33-12)20(28)23(18)34(29,30)31)24(26(7,8)15-17(2)3)27(9,10)16-25(4,5)6/h17,24,28H,13-16H2,1-12H3,(H,29,30,31). The molecule has 0 aromatic heterocycles. The number of hydrogen-bond donors (Lipinski definition) is 2. The number of ether oxygens (including phenoxy) is 2. The molecular weight excluding hydrogens is 452 g/mol. The van der Waals surface area contributed by atoms with Gasteiger partial charge >= 0.3 is 0 Å². The average Bonchev–Trinajstić information content (AvgIpc) is 2.57. The quantitative estimate of drug-likeness (QED) is 0.311. The van der Waals surface area contributed by atoms with Gasteiger partial charge in [0.05, 0.1) is 14.2 Å². The molecule has 0 spiro atoms. The molecule has 1 unspecified atom stereocenters. The van der Waals surface area contributed by atoms with E-state index in [9.17, 15) is 18.1 Å². The van der Waals surface area contributed by atoms with Crippen LogP contribution in [-0.4, -0.2) is 32.3 Å². The van der Waals surface area contributed by atoms with E-state index in [2.05, 4.69) is 62.3 Å². The van der Waals surface area contributed by atoms with Crippen molar-refractivity contribution >= 4 is 10.1 Å². The van der Waals surface area contributed by atoms with Crippen LogP contribution in [0.15, 0.2) is 4.90 Å². The normalized spacial score (nSPS) is 14.4. The molecule has 0 aliphatic carbocycles. The lowest BCUT2D eigenvalue weighted by Gasteiger charge is -2.49. The molecule has 0 radical (unpaired) electrons. The lowest BCUT2D eigenvalue weighted by Crippen LogP contribution is -2.38. The fourth-order valence-electron chi connectivity index (χ4n) is 6.68. The largest absolute Gasteiger partial charge is 0.503 e. The van der Waals surface area contributed by atoms with Gasteiger partial charge in [0.25, 0.3) is 10.1 Å². The predicted molar refractivity (Wildman–Crippen MR) is 139 cm³/mol. The summed E-state index contributed by atoms with van der Waals surface area (Å²) in [6.45, 7) is 21.8. The molecule has 1 aromatic carbocycles. The fraction of sp³-hybridized carbons (Fsp3) is 0.778. The summed E-state index contributed by atoms with van der Waals surface area (Å²) < 4.78 is 46.4. The topological polar surface area (TPSA) is 93.1 Å². The Morgan fingerprint density at radius 3 is 1.76 bits per heavy atom. The maximum absolute atomic E-state index is 12.4. The Hall–Kier alpha value is -1.47. The first-order valence-corrected chi connectivity index (χ1v) is 13.7. The van der Waals surface area contributed by atoms with E-state index in [4.69, 9.17) is 9.47 Å². The van der Waals surface area contributed by atoms with Crippen LogP contribution in [0.5, 0.6) is 17.2 Å². The van der Waals surface area contributed by atoms with Gasteiger partial charge in [-0.15, -0.1) is 0 Å². The van der Waals surface area contributed by atoms with E-state index < -0.39 is 20.8 Å². The molecule has 0 fully saturated rings. The summed E-state index contributed by atoms with van der Waals surface area (Å²) in [5.74, 6) is 0.131.